The van der Waals surface area contributed by atoms with Crippen molar-refractivity contribution in [3.8, 4) is 11.4 Å². The van der Waals surface area contributed by atoms with Crippen LogP contribution in [0.15, 0.2) is 71.5 Å². The van der Waals surface area contributed by atoms with Crippen LogP contribution in [0.5, 0.6) is 5.75 Å². The van der Waals surface area contributed by atoms with Gasteiger partial charge in [-0.1, -0.05) is 36.4 Å². The monoisotopic (exact) mass is 628 g/mol. The fourth-order valence-electron chi connectivity index (χ4n) is 3.77. The SMILES string of the molecule is O.O.O=C(c1c(O)c2cc3sc4ccccc4c3cc2n(-c2ccccc2)c1=O)C(F)(F)F.[Eu]. The van der Waals surface area contributed by atoms with Gasteiger partial charge in [0.05, 0.1) is 5.52 Å². The van der Waals surface area contributed by atoms with Crippen molar-refractivity contribution in [3.63, 3.8) is 0 Å². The van der Waals surface area contributed by atoms with Gasteiger partial charge in [0.15, 0.2) is 0 Å². The summed E-state index contributed by atoms with van der Waals surface area (Å²) in [6, 6.07) is 18.8. The van der Waals surface area contributed by atoms with Crippen LogP contribution >= 0.6 is 11.3 Å². The van der Waals surface area contributed by atoms with E-state index in [4.69, 9.17) is 0 Å². The Hall–Kier alpha value is -2.15. The topological polar surface area (TPSA) is 122 Å². The molecule has 177 valence electrons. The third-order valence-corrected chi connectivity index (χ3v) is 6.28. The molecule has 5 aromatic rings. The molecule has 34 heavy (non-hydrogen) atoms. The molecule has 2 heterocycles. The number of rotatable bonds is 2. The summed E-state index contributed by atoms with van der Waals surface area (Å²) in [4.78, 5) is 25.2. The van der Waals surface area contributed by atoms with Crippen LogP contribution in [-0.2, 0) is 0 Å². The van der Waals surface area contributed by atoms with Crippen LogP contribution in [-0.4, -0.2) is 32.6 Å². The average molecular weight is 627 g/mol. The molecule has 0 amide bonds. The fourth-order valence-corrected chi connectivity index (χ4v) is 4.90. The Kier molecular flexibility index (Phi) is 8.45. The normalized spacial score (nSPS) is 11.0. The molecule has 0 aliphatic carbocycles. The van der Waals surface area contributed by atoms with Gasteiger partial charge in [0, 0.05) is 80.6 Å². The van der Waals surface area contributed by atoms with Gasteiger partial charge in [0.1, 0.15) is 11.3 Å². The molecule has 0 atom stereocenters. The molecule has 0 aliphatic rings. The van der Waals surface area contributed by atoms with E-state index in [1.807, 2.05) is 24.3 Å². The number of benzene rings is 3. The van der Waals surface area contributed by atoms with E-state index >= 15 is 0 Å². The number of para-hydroxylation sites is 1. The van der Waals surface area contributed by atoms with Gasteiger partial charge < -0.3 is 16.1 Å². The zero-order valence-corrected chi connectivity index (χ0v) is 20.2. The summed E-state index contributed by atoms with van der Waals surface area (Å²) >= 11 is 1.41. The molecule has 0 saturated carbocycles. The van der Waals surface area contributed by atoms with E-state index < -0.39 is 28.8 Å². The number of alkyl halides is 3. The summed E-state index contributed by atoms with van der Waals surface area (Å²) in [5.41, 5.74) is -2.02. The summed E-state index contributed by atoms with van der Waals surface area (Å²) in [7, 11) is 0. The maximum Gasteiger partial charge on any atom is 0.455 e. The molecule has 0 fully saturated rings. The first-order valence-corrected chi connectivity index (χ1v) is 9.99. The van der Waals surface area contributed by atoms with Crippen molar-refractivity contribution in [2.45, 2.75) is 6.18 Å². The van der Waals surface area contributed by atoms with Crippen LogP contribution < -0.4 is 5.56 Å². The Bertz CT molecular complexity index is 1580. The maximum absolute atomic E-state index is 13.2. The van der Waals surface area contributed by atoms with Gasteiger partial charge in [0.2, 0.25) is 0 Å². The van der Waals surface area contributed by atoms with Crippen molar-refractivity contribution in [3.05, 3.63) is 82.6 Å². The quantitative estimate of drug-likeness (QED) is 0.296. The van der Waals surface area contributed by atoms with E-state index in [1.54, 1.807) is 36.4 Å². The molecular formula is C23H16EuF3NO5S. The summed E-state index contributed by atoms with van der Waals surface area (Å²) in [6.07, 6.45) is -5.31. The van der Waals surface area contributed by atoms with Gasteiger partial charge in [-0.15, -0.1) is 11.3 Å². The van der Waals surface area contributed by atoms with Gasteiger partial charge in [-0.3, -0.25) is 14.2 Å². The number of halogens is 3. The third kappa shape index (κ3) is 4.44. The second kappa shape index (κ2) is 10.2. The summed E-state index contributed by atoms with van der Waals surface area (Å²) in [5, 5.41) is 12.4. The Morgan fingerprint density at radius 2 is 1.47 bits per heavy atom. The number of thiophene rings is 1. The van der Waals surface area contributed by atoms with E-state index in [0.717, 1.165) is 20.0 Å². The Balaban J connectivity index is 0.00000136. The standard InChI is InChI=1S/C23H12F3NO3S.Eu.2H2O/c24-23(25,26)21(29)19-20(28)15-11-18-14(13-8-4-5-9-17(13)31-18)10-16(15)27(22(19)30)12-6-2-1-3-7-12;;;/h1-11,28H;;2*1H2. The van der Waals surface area contributed by atoms with Crippen molar-refractivity contribution in [1.82, 2.24) is 4.57 Å². The molecular weight excluding hydrogens is 611 g/mol. The molecule has 2 aromatic heterocycles. The van der Waals surface area contributed by atoms with E-state index in [0.29, 0.717) is 4.70 Å². The largest absolute Gasteiger partial charge is 0.506 e. The maximum atomic E-state index is 13.2. The molecule has 0 saturated heterocycles. The molecule has 0 bridgehead atoms. The number of aromatic hydroxyl groups is 1. The van der Waals surface area contributed by atoms with Crippen molar-refractivity contribution >= 4 is 48.2 Å². The van der Waals surface area contributed by atoms with Gasteiger partial charge in [-0.25, -0.2) is 0 Å². The number of pyridine rings is 1. The molecule has 6 nitrogen and oxygen atoms in total. The molecule has 0 aliphatic heterocycles. The third-order valence-electron chi connectivity index (χ3n) is 5.14. The summed E-state index contributed by atoms with van der Waals surface area (Å²) < 4.78 is 42.4. The van der Waals surface area contributed by atoms with Crippen LogP contribution in [0.2, 0.25) is 0 Å². The summed E-state index contributed by atoms with van der Waals surface area (Å²) in [6.45, 7) is 0. The Morgan fingerprint density at radius 3 is 2.12 bits per heavy atom. The molecule has 0 spiro atoms. The minimum atomic E-state index is -5.31. The zero-order chi connectivity index (χ0) is 21.9. The molecule has 3 aromatic carbocycles. The number of nitrogens with zero attached hydrogens (tertiary/aromatic N) is 1. The number of carbonyl (C=O) groups is 1. The van der Waals surface area contributed by atoms with Crippen LogP contribution in [0.4, 0.5) is 13.2 Å². The van der Waals surface area contributed by atoms with Crippen molar-refractivity contribution in [1.29, 1.82) is 0 Å². The van der Waals surface area contributed by atoms with Crippen LogP contribution in [0.25, 0.3) is 36.8 Å². The molecule has 5 N–H and O–H groups in total. The zero-order valence-electron chi connectivity index (χ0n) is 17.0. The Morgan fingerprint density at radius 1 is 0.853 bits per heavy atom. The minimum Gasteiger partial charge on any atom is -0.506 e. The fraction of sp³-hybridized carbons (Fsp3) is 0.0435. The predicted octanol–water partition coefficient (Wildman–Crippen LogP) is 4.16. The van der Waals surface area contributed by atoms with Gasteiger partial charge in [-0.05, 0) is 30.3 Å². The molecule has 0 unspecified atom stereocenters. The van der Waals surface area contributed by atoms with Crippen molar-refractivity contribution in [2.75, 3.05) is 0 Å². The number of fused-ring (bicyclic) bond motifs is 4. The first kappa shape index (κ1) is 28.1. The van der Waals surface area contributed by atoms with Gasteiger partial charge in [-0.2, -0.15) is 13.2 Å². The predicted molar refractivity (Wildman–Crippen MR) is 122 cm³/mol. The second-order valence-electron chi connectivity index (χ2n) is 6.99. The molecule has 1 radical (unpaired) electrons. The van der Waals surface area contributed by atoms with Crippen LogP contribution in [0, 0.1) is 49.4 Å². The number of ketones is 1. The number of aromatic nitrogens is 1. The van der Waals surface area contributed by atoms with E-state index in [2.05, 4.69) is 0 Å². The molecule has 5 rings (SSSR count). The summed E-state index contributed by atoms with van der Waals surface area (Å²) in [5.74, 6) is -3.34. The number of hydrogen-bond donors (Lipinski definition) is 1. The minimum absolute atomic E-state index is 0. The first-order chi connectivity index (χ1) is 14.8. The molecule has 11 heteroatoms. The van der Waals surface area contributed by atoms with E-state index in [-0.39, 0.29) is 76.9 Å². The first-order valence-electron chi connectivity index (χ1n) is 9.17. The second-order valence-corrected chi connectivity index (χ2v) is 8.07. The smallest absolute Gasteiger partial charge is 0.455 e. The average Bonchev–Trinajstić information content (AvgIpc) is 3.10. The van der Waals surface area contributed by atoms with Gasteiger partial charge >= 0.3 is 6.18 Å². The van der Waals surface area contributed by atoms with Crippen LogP contribution in [0.3, 0.4) is 0 Å². The van der Waals surface area contributed by atoms with Gasteiger partial charge in [0.25, 0.3) is 11.3 Å². The number of Topliss-reactive ketones (excluding diaryl/α,β-unsaturated/α-hetero) is 1. The van der Waals surface area contributed by atoms with Crippen molar-refractivity contribution in [2.24, 2.45) is 0 Å². The number of carbonyl (C=O) groups excluding carboxylic acids is 1. The Labute approximate surface area is 234 Å². The van der Waals surface area contributed by atoms with Crippen LogP contribution in [0.1, 0.15) is 10.4 Å². The van der Waals surface area contributed by atoms with E-state index in [9.17, 15) is 27.9 Å². The van der Waals surface area contributed by atoms with Crippen molar-refractivity contribution < 1.29 is 83.4 Å². The van der Waals surface area contributed by atoms with E-state index in [1.165, 1.54) is 17.4 Å². The number of hydrogen-bond acceptors (Lipinski definition) is 4.